The molecule has 12 heavy (non-hydrogen) atoms. The molecule has 4 N–H and O–H groups in total. The number of nitrogens with zero attached hydrogens (tertiary/aromatic N) is 2. The Bertz CT molecular complexity index is 234. The van der Waals surface area contributed by atoms with E-state index in [9.17, 15) is 0 Å². The van der Waals surface area contributed by atoms with Gasteiger partial charge in [0.1, 0.15) is 5.82 Å². The van der Waals surface area contributed by atoms with Gasteiger partial charge in [0.2, 0.25) is 5.95 Å². The van der Waals surface area contributed by atoms with Crippen LogP contribution >= 0.6 is 0 Å². The molecule has 0 saturated carbocycles. The Hall–Kier alpha value is -1.32. The third kappa shape index (κ3) is 2.38. The number of nitrogen functional groups attached to an aromatic ring is 2. The van der Waals surface area contributed by atoms with Crippen molar-refractivity contribution in [2.45, 2.75) is 27.7 Å². The van der Waals surface area contributed by atoms with E-state index in [4.69, 9.17) is 11.5 Å². The van der Waals surface area contributed by atoms with Gasteiger partial charge in [0, 0.05) is 11.3 Å². The lowest BCUT2D eigenvalue weighted by Crippen LogP contribution is -2.03. The molecule has 0 amide bonds. The first kappa shape index (κ1) is 10.7. The molecule has 1 aromatic heterocycles. The van der Waals surface area contributed by atoms with Crippen LogP contribution in [0.4, 0.5) is 11.8 Å². The minimum absolute atomic E-state index is 0.237. The molecule has 0 fully saturated rings. The third-order valence-corrected chi connectivity index (χ3v) is 1.44. The van der Waals surface area contributed by atoms with Crippen molar-refractivity contribution in [3.63, 3.8) is 0 Å². The summed E-state index contributed by atoms with van der Waals surface area (Å²) in [4.78, 5) is 7.70. The SMILES string of the molecule is CC.Cc1nc(N)nc(N)c1C. The van der Waals surface area contributed by atoms with Crippen LogP contribution in [0.5, 0.6) is 0 Å². The van der Waals surface area contributed by atoms with Crippen molar-refractivity contribution in [2.75, 3.05) is 11.5 Å². The van der Waals surface area contributed by atoms with E-state index >= 15 is 0 Å². The van der Waals surface area contributed by atoms with Crippen molar-refractivity contribution in [3.05, 3.63) is 11.3 Å². The van der Waals surface area contributed by atoms with Gasteiger partial charge in [-0.15, -0.1) is 0 Å². The van der Waals surface area contributed by atoms with Crippen molar-refractivity contribution < 1.29 is 0 Å². The molecule has 0 saturated heterocycles. The highest BCUT2D eigenvalue weighted by Crippen LogP contribution is 2.10. The Morgan fingerprint density at radius 1 is 1.00 bits per heavy atom. The Morgan fingerprint density at radius 2 is 1.50 bits per heavy atom. The largest absolute Gasteiger partial charge is 0.383 e. The zero-order valence-electron chi connectivity index (χ0n) is 8.05. The van der Waals surface area contributed by atoms with Crippen LogP contribution in [-0.2, 0) is 0 Å². The maximum Gasteiger partial charge on any atom is 0.222 e. The average Bonchev–Trinajstić information content (AvgIpc) is 2.04. The van der Waals surface area contributed by atoms with Gasteiger partial charge in [-0.3, -0.25) is 0 Å². The second kappa shape index (κ2) is 4.54. The summed E-state index contributed by atoms with van der Waals surface area (Å²) < 4.78 is 0. The predicted molar refractivity (Wildman–Crippen MR) is 51.7 cm³/mol. The molecule has 1 heterocycles. The molecule has 0 aliphatic rings. The highest BCUT2D eigenvalue weighted by atomic mass is 15.0. The number of hydrogen-bond acceptors (Lipinski definition) is 4. The lowest BCUT2D eigenvalue weighted by molar-refractivity contribution is 1.09. The summed E-state index contributed by atoms with van der Waals surface area (Å²) >= 11 is 0. The monoisotopic (exact) mass is 168 g/mol. The van der Waals surface area contributed by atoms with Gasteiger partial charge in [0.05, 0.1) is 0 Å². The zero-order chi connectivity index (χ0) is 9.72. The highest BCUT2D eigenvalue weighted by Gasteiger charge is 2.00. The van der Waals surface area contributed by atoms with E-state index < -0.39 is 0 Å². The fraction of sp³-hybridized carbons (Fsp3) is 0.500. The number of aryl methyl sites for hydroxylation is 1. The Morgan fingerprint density at radius 3 is 1.92 bits per heavy atom. The maximum atomic E-state index is 5.49. The van der Waals surface area contributed by atoms with Gasteiger partial charge in [-0.05, 0) is 13.8 Å². The Balaban J connectivity index is 0.000000561. The van der Waals surface area contributed by atoms with E-state index in [0.717, 1.165) is 11.3 Å². The van der Waals surface area contributed by atoms with E-state index in [-0.39, 0.29) is 5.95 Å². The number of nitrogens with two attached hydrogens (primary N) is 2. The number of rotatable bonds is 0. The van der Waals surface area contributed by atoms with Crippen molar-refractivity contribution in [1.82, 2.24) is 9.97 Å². The number of hydrogen-bond donors (Lipinski definition) is 2. The first-order valence-electron chi connectivity index (χ1n) is 3.97. The van der Waals surface area contributed by atoms with Crippen molar-refractivity contribution in [3.8, 4) is 0 Å². The van der Waals surface area contributed by atoms with Crippen molar-refractivity contribution in [2.24, 2.45) is 0 Å². The molecule has 0 radical (unpaired) electrons. The molecule has 0 aromatic carbocycles. The lowest BCUT2D eigenvalue weighted by Gasteiger charge is -2.01. The summed E-state index contributed by atoms with van der Waals surface area (Å²) in [7, 11) is 0. The van der Waals surface area contributed by atoms with Crippen LogP contribution in [0.1, 0.15) is 25.1 Å². The minimum atomic E-state index is 0.237. The molecule has 4 heteroatoms. The number of anilines is 2. The summed E-state index contributed by atoms with van der Waals surface area (Å²) in [6.45, 7) is 7.72. The molecule has 0 atom stereocenters. The Labute approximate surface area is 73.0 Å². The van der Waals surface area contributed by atoms with E-state index in [1.165, 1.54) is 0 Å². The Kier molecular flexibility index (Phi) is 4.04. The normalized spacial score (nSPS) is 8.67. The van der Waals surface area contributed by atoms with Crippen LogP contribution in [0.2, 0.25) is 0 Å². The predicted octanol–water partition coefficient (Wildman–Crippen LogP) is 1.28. The van der Waals surface area contributed by atoms with E-state index in [0.29, 0.717) is 5.82 Å². The molecule has 0 aliphatic heterocycles. The fourth-order valence-corrected chi connectivity index (χ4v) is 0.673. The van der Waals surface area contributed by atoms with Crippen molar-refractivity contribution >= 4 is 11.8 Å². The third-order valence-electron chi connectivity index (χ3n) is 1.44. The molecule has 68 valence electrons. The summed E-state index contributed by atoms with van der Waals surface area (Å²) in [6, 6.07) is 0. The molecular formula is C8H16N4. The molecule has 0 spiro atoms. The van der Waals surface area contributed by atoms with Gasteiger partial charge >= 0.3 is 0 Å². The summed E-state index contributed by atoms with van der Waals surface area (Å²) in [5.41, 5.74) is 12.6. The van der Waals surface area contributed by atoms with Gasteiger partial charge in [0.15, 0.2) is 0 Å². The smallest absolute Gasteiger partial charge is 0.222 e. The van der Waals surface area contributed by atoms with Crippen LogP contribution < -0.4 is 11.5 Å². The van der Waals surface area contributed by atoms with Crippen LogP contribution in [0.3, 0.4) is 0 Å². The first-order chi connectivity index (χ1) is 5.61. The first-order valence-corrected chi connectivity index (χ1v) is 3.97. The second-order valence-corrected chi connectivity index (χ2v) is 2.18. The van der Waals surface area contributed by atoms with E-state index in [2.05, 4.69) is 9.97 Å². The molecule has 0 aliphatic carbocycles. The lowest BCUT2D eigenvalue weighted by atomic mass is 10.2. The quantitative estimate of drug-likeness (QED) is 0.611. The van der Waals surface area contributed by atoms with Crippen LogP contribution in [0.25, 0.3) is 0 Å². The summed E-state index contributed by atoms with van der Waals surface area (Å²) in [6.07, 6.45) is 0. The fourth-order valence-electron chi connectivity index (χ4n) is 0.673. The molecule has 0 bridgehead atoms. The average molecular weight is 168 g/mol. The maximum absolute atomic E-state index is 5.49. The molecule has 1 aromatic rings. The zero-order valence-corrected chi connectivity index (χ0v) is 8.05. The summed E-state index contributed by atoms with van der Waals surface area (Å²) in [5, 5.41) is 0. The standard InChI is InChI=1S/C6H10N4.C2H6/c1-3-4(2)9-6(8)10-5(3)7;1-2/h1-2H3,(H4,7,8,9,10);1-2H3. The number of aromatic nitrogens is 2. The van der Waals surface area contributed by atoms with Gasteiger partial charge < -0.3 is 11.5 Å². The van der Waals surface area contributed by atoms with E-state index in [1.54, 1.807) is 0 Å². The highest BCUT2D eigenvalue weighted by molar-refractivity contribution is 5.44. The van der Waals surface area contributed by atoms with Crippen LogP contribution in [0.15, 0.2) is 0 Å². The summed E-state index contributed by atoms with van der Waals surface area (Å²) in [5.74, 6) is 0.700. The van der Waals surface area contributed by atoms with Crippen LogP contribution in [-0.4, -0.2) is 9.97 Å². The van der Waals surface area contributed by atoms with Gasteiger partial charge in [0.25, 0.3) is 0 Å². The second-order valence-electron chi connectivity index (χ2n) is 2.18. The van der Waals surface area contributed by atoms with Gasteiger partial charge in [-0.1, -0.05) is 13.8 Å². The molecule has 4 nitrogen and oxygen atoms in total. The van der Waals surface area contributed by atoms with E-state index in [1.807, 2.05) is 27.7 Å². The van der Waals surface area contributed by atoms with Crippen molar-refractivity contribution in [1.29, 1.82) is 0 Å². The molecule has 1 rings (SSSR count). The molecular weight excluding hydrogens is 152 g/mol. The van der Waals surface area contributed by atoms with Gasteiger partial charge in [-0.25, -0.2) is 4.98 Å². The minimum Gasteiger partial charge on any atom is -0.383 e. The molecule has 0 unspecified atom stereocenters. The van der Waals surface area contributed by atoms with Gasteiger partial charge in [-0.2, -0.15) is 4.98 Å². The van der Waals surface area contributed by atoms with Crippen LogP contribution in [0, 0.1) is 13.8 Å². The topological polar surface area (TPSA) is 77.8 Å².